The van der Waals surface area contributed by atoms with Gasteiger partial charge in [0.1, 0.15) is 17.3 Å². The lowest BCUT2D eigenvalue weighted by Gasteiger charge is -2.31. The van der Waals surface area contributed by atoms with Crippen molar-refractivity contribution >= 4 is 5.91 Å². The molecule has 0 saturated carbocycles. The maximum Gasteiger partial charge on any atom is 0.224 e. The van der Waals surface area contributed by atoms with Crippen molar-refractivity contribution in [2.24, 2.45) is 5.92 Å². The molecular weight excluding hydrogens is 352 g/mol. The molecule has 1 aliphatic rings. The van der Waals surface area contributed by atoms with Crippen molar-refractivity contribution in [1.82, 2.24) is 10.2 Å². The molecule has 0 unspecified atom stereocenters. The minimum atomic E-state index is 0.0936. The minimum Gasteiger partial charge on any atom is -0.494 e. The fourth-order valence-corrected chi connectivity index (χ4v) is 3.81. The van der Waals surface area contributed by atoms with Gasteiger partial charge < -0.3 is 14.5 Å². The molecule has 1 fully saturated rings. The SMILES string of the molecule is CCOc1ccc(CC(=O)NCC2CCN(Cc3cc(C)oc3C)CC2)cc1. The molecule has 5 heteroatoms. The summed E-state index contributed by atoms with van der Waals surface area (Å²) in [4.78, 5) is 14.7. The number of benzene rings is 1. The van der Waals surface area contributed by atoms with E-state index in [4.69, 9.17) is 9.15 Å². The van der Waals surface area contributed by atoms with E-state index >= 15 is 0 Å². The van der Waals surface area contributed by atoms with E-state index < -0.39 is 0 Å². The molecule has 0 radical (unpaired) electrons. The highest BCUT2D eigenvalue weighted by atomic mass is 16.5. The highest BCUT2D eigenvalue weighted by Gasteiger charge is 2.21. The second kappa shape index (κ2) is 9.78. The maximum absolute atomic E-state index is 12.2. The number of amides is 1. The number of aryl methyl sites for hydroxylation is 2. The van der Waals surface area contributed by atoms with Gasteiger partial charge in [0.05, 0.1) is 13.0 Å². The first-order valence-electron chi connectivity index (χ1n) is 10.3. The predicted molar refractivity (Wildman–Crippen MR) is 111 cm³/mol. The highest BCUT2D eigenvalue weighted by molar-refractivity contribution is 5.78. The number of piperidine rings is 1. The lowest BCUT2D eigenvalue weighted by atomic mass is 9.96. The van der Waals surface area contributed by atoms with E-state index in [9.17, 15) is 4.79 Å². The first-order valence-corrected chi connectivity index (χ1v) is 10.3. The largest absolute Gasteiger partial charge is 0.494 e. The molecule has 0 atom stereocenters. The van der Waals surface area contributed by atoms with E-state index in [0.29, 0.717) is 18.9 Å². The molecule has 1 aromatic heterocycles. The topological polar surface area (TPSA) is 54.7 Å². The van der Waals surface area contributed by atoms with Crippen LogP contribution < -0.4 is 10.1 Å². The fourth-order valence-electron chi connectivity index (χ4n) is 3.81. The Morgan fingerprint density at radius 1 is 1.21 bits per heavy atom. The quantitative estimate of drug-likeness (QED) is 0.751. The van der Waals surface area contributed by atoms with Crippen LogP contribution in [0.15, 0.2) is 34.7 Å². The van der Waals surface area contributed by atoms with E-state index in [0.717, 1.165) is 61.9 Å². The van der Waals surface area contributed by atoms with Crippen LogP contribution in [0, 0.1) is 19.8 Å². The Hall–Kier alpha value is -2.27. The lowest BCUT2D eigenvalue weighted by Crippen LogP contribution is -2.38. The van der Waals surface area contributed by atoms with E-state index in [1.54, 1.807) is 0 Å². The number of carbonyl (C=O) groups excluding carboxylic acids is 1. The Kier molecular flexibility index (Phi) is 7.15. The number of carbonyl (C=O) groups is 1. The number of nitrogens with zero attached hydrogens (tertiary/aromatic N) is 1. The molecule has 5 nitrogen and oxygen atoms in total. The Balaban J connectivity index is 1.36. The van der Waals surface area contributed by atoms with Gasteiger partial charge in [-0.25, -0.2) is 0 Å². The van der Waals surface area contributed by atoms with Crippen LogP contribution in [0.4, 0.5) is 0 Å². The Labute approximate surface area is 168 Å². The van der Waals surface area contributed by atoms with Gasteiger partial charge in [0.2, 0.25) is 5.91 Å². The van der Waals surface area contributed by atoms with Gasteiger partial charge in [0, 0.05) is 18.7 Å². The maximum atomic E-state index is 12.2. The van der Waals surface area contributed by atoms with Crippen molar-refractivity contribution in [3.05, 3.63) is 53.0 Å². The minimum absolute atomic E-state index is 0.0936. The molecule has 2 aromatic rings. The van der Waals surface area contributed by atoms with Gasteiger partial charge in [-0.1, -0.05) is 12.1 Å². The third kappa shape index (κ3) is 5.86. The summed E-state index contributed by atoms with van der Waals surface area (Å²) in [6, 6.07) is 9.91. The fraction of sp³-hybridized carbons (Fsp3) is 0.522. The van der Waals surface area contributed by atoms with Gasteiger partial charge in [-0.3, -0.25) is 9.69 Å². The van der Waals surface area contributed by atoms with Crippen LogP contribution in [-0.4, -0.2) is 37.0 Å². The standard InChI is InChI=1S/C23H32N2O3/c1-4-27-22-7-5-19(6-8-22)14-23(26)24-15-20-9-11-25(12-10-20)16-21-13-17(2)28-18(21)3/h5-8,13,20H,4,9-12,14-16H2,1-3H3,(H,24,26). The summed E-state index contributed by atoms with van der Waals surface area (Å²) >= 11 is 0. The average molecular weight is 385 g/mol. The molecule has 1 saturated heterocycles. The summed E-state index contributed by atoms with van der Waals surface area (Å²) in [5.74, 6) is 3.52. The molecule has 1 N–H and O–H groups in total. The molecular formula is C23H32N2O3. The van der Waals surface area contributed by atoms with Crippen LogP contribution >= 0.6 is 0 Å². The zero-order valence-electron chi connectivity index (χ0n) is 17.3. The molecule has 0 bridgehead atoms. The monoisotopic (exact) mass is 384 g/mol. The normalized spacial score (nSPS) is 15.5. The molecule has 0 spiro atoms. The highest BCUT2D eigenvalue weighted by Crippen LogP contribution is 2.21. The van der Waals surface area contributed by atoms with Gasteiger partial charge in [0.15, 0.2) is 0 Å². The second-order valence-corrected chi connectivity index (χ2v) is 7.72. The summed E-state index contributed by atoms with van der Waals surface area (Å²) in [7, 11) is 0. The van der Waals surface area contributed by atoms with Crippen LogP contribution in [-0.2, 0) is 17.8 Å². The molecule has 1 amide bonds. The van der Waals surface area contributed by atoms with Crippen molar-refractivity contribution in [2.45, 2.75) is 46.6 Å². The van der Waals surface area contributed by atoms with Crippen LogP contribution in [0.3, 0.4) is 0 Å². The van der Waals surface area contributed by atoms with Gasteiger partial charge in [-0.05, 0) is 76.4 Å². The summed E-state index contributed by atoms with van der Waals surface area (Å²) < 4.78 is 11.1. The molecule has 0 aliphatic carbocycles. The number of ether oxygens (including phenoxy) is 1. The number of hydrogen-bond acceptors (Lipinski definition) is 4. The average Bonchev–Trinajstić information content (AvgIpc) is 3.00. The summed E-state index contributed by atoms with van der Waals surface area (Å²) in [5, 5.41) is 3.11. The third-order valence-electron chi connectivity index (χ3n) is 5.43. The number of likely N-dealkylation sites (tertiary alicyclic amines) is 1. The molecule has 28 heavy (non-hydrogen) atoms. The summed E-state index contributed by atoms with van der Waals surface area (Å²) in [5.41, 5.74) is 2.31. The second-order valence-electron chi connectivity index (χ2n) is 7.72. The molecule has 3 rings (SSSR count). The zero-order valence-corrected chi connectivity index (χ0v) is 17.3. The lowest BCUT2D eigenvalue weighted by molar-refractivity contribution is -0.120. The first kappa shape index (κ1) is 20.5. The molecule has 152 valence electrons. The van der Waals surface area contributed by atoms with Gasteiger partial charge in [-0.2, -0.15) is 0 Å². The smallest absolute Gasteiger partial charge is 0.224 e. The van der Waals surface area contributed by atoms with E-state index in [1.165, 1.54) is 5.56 Å². The Morgan fingerprint density at radius 3 is 2.54 bits per heavy atom. The number of rotatable bonds is 8. The van der Waals surface area contributed by atoms with Gasteiger partial charge in [0.25, 0.3) is 0 Å². The van der Waals surface area contributed by atoms with Gasteiger partial charge in [-0.15, -0.1) is 0 Å². The van der Waals surface area contributed by atoms with Crippen LogP contribution in [0.25, 0.3) is 0 Å². The molecule has 1 aromatic carbocycles. The van der Waals surface area contributed by atoms with Crippen molar-refractivity contribution in [1.29, 1.82) is 0 Å². The van der Waals surface area contributed by atoms with E-state index in [2.05, 4.69) is 16.3 Å². The zero-order chi connectivity index (χ0) is 19.9. The molecule has 1 aliphatic heterocycles. The van der Waals surface area contributed by atoms with Gasteiger partial charge >= 0.3 is 0 Å². The Bertz CT molecular complexity index is 759. The van der Waals surface area contributed by atoms with Crippen molar-refractivity contribution < 1.29 is 13.9 Å². The molecule has 2 heterocycles. The third-order valence-corrected chi connectivity index (χ3v) is 5.43. The first-order chi connectivity index (χ1) is 13.5. The number of nitrogens with one attached hydrogen (secondary N) is 1. The van der Waals surface area contributed by atoms with Crippen LogP contribution in [0.2, 0.25) is 0 Å². The van der Waals surface area contributed by atoms with Crippen molar-refractivity contribution in [2.75, 3.05) is 26.2 Å². The predicted octanol–water partition coefficient (Wildman–Crippen LogP) is 3.87. The van der Waals surface area contributed by atoms with E-state index in [-0.39, 0.29) is 5.91 Å². The van der Waals surface area contributed by atoms with E-state index in [1.807, 2.05) is 45.0 Å². The Morgan fingerprint density at radius 2 is 1.93 bits per heavy atom. The number of furan rings is 1. The van der Waals surface area contributed by atoms with Crippen LogP contribution in [0.5, 0.6) is 5.75 Å². The summed E-state index contributed by atoms with van der Waals surface area (Å²) in [6.45, 7) is 10.5. The number of hydrogen-bond donors (Lipinski definition) is 1. The van der Waals surface area contributed by atoms with Crippen LogP contribution in [0.1, 0.15) is 42.4 Å². The van der Waals surface area contributed by atoms with Crippen molar-refractivity contribution in [3.8, 4) is 5.75 Å². The summed E-state index contributed by atoms with van der Waals surface area (Å²) in [6.07, 6.45) is 2.67. The van der Waals surface area contributed by atoms with Crippen molar-refractivity contribution in [3.63, 3.8) is 0 Å².